The SMILES string of the molecule is C=CCC(C)(C)NC(=O)Cc1ccccc1COC. The molecule has 19 heavy (non-hydrogen) atoms. The number of hydrogen-bond donors (Lipinski definition) is 1. The lowest BCUT2D eigenvalue weighted by atomic mass is 9.99. The molecule has 1 amide bonds. The summed E-state index contributed by atoms with van der Waals surface area (Å²) in [5.41, 5.74) is 1.81. The minimum absolute atomic E-state index is 0.0235. The number of amides is 1. The molecule has 104 valence electrons. The van der Waals surface area contributed by atoms with Gasteiger partial charge >= 0.3 is 0 Å². The Morgan fingerprint density at radius 3 is 2.58 bits per heavy atom. The van der Waals surface area contributed by atoms with Gasteiger partial charge in [-0.15, -0.1) is 6.58 Å². The van der Waals surface area contributed by atoms with Gasteiger partial charge in [0.2, 0.25) is 5.91 Å². The molecule has 1 rings (SSSR count). The standard InChI is InChI=1S/C16H23NO2/c1-5-10-16(2,3)17-15(18)11-13-8-6-7-9-14(13)12-19-4/h5-9H,1,10-12H2,2-4H3,(H,17,18). The molecule has 3 heteroatoms. The van der Waals surface area contributed by atoms with Crippen molar-refractivity contribution in [3.63, 3.8) is 0 Å². The molecule has 0 bridgehead atoms. The van der Waals surface area contributed by atoms with Crippen molar-refractivity contribution in [2.24, 2.45) is 0 Å². The normalized spacial score (nSPS) is 11.1. The molecular formula is C16H23NO2. The quantitative estimate of drug-likeness (QED) is 0.766. The maximum absolute atomic E-state index is 12.1. The number of carbonyl (C=O) groups excluding carboxylic acids is 1. The smallest absolute Gasteiger partial charge is 0.224 e. The molecule has 0 saturated carbocycles. The molecule has 0 atom stereocenters. The Kier molecular flexibility index (Phi) is 5.77. The molecule has 0 heterocycles. The molecule has 3 nitrogen and oxygen atoms in total. The van der Waals surface area contributed by atoms with Crippen molar-refractivity contribution in [1.29, 1.82) is 0 Å². The van der Waals surface area contributed by atoms with Crippen LogP contribution >= 0.6 is 0 Å². The van der Waals surface area contributed by atoms with Gasteiger partial charge in [-0.2, -0.15) is 0 Å². The zero-order chi connectivity index (χ0) is 14.3. The summed E-state index contributed by atoms with van der Waals surface area (Å²) in [5.74, 6) is 0.0235. The van der Waals surface area contributed by atoms with Gasteiger partial charge in [-0.3, -0.25) is 4.79 Å². The van der Waals surface area contributed by atoms with E-state index < -0.39 is 0 Å². The fourth-order valence-electron chi connectivity index (χ4n) is 2.03. The fraction of sp³-hybridized carbons (Fsp3) is 0.438. The Labute approximate surface area is 115 Å². The lowest BCUT2D eigenvalue weighted by Crippen LogP contribution is -2.43. The largest absolute Gasteiger partial charge is 0.380 e. The van der Waals surface area contributed by atoms with E-state index in [4.69, 9.17) is 4.74 Å². The molecule has 0 unspecified atom stereocenters. The molecule has 1 aromatic rings. The third-order valence-corrected chi connectivity index (χ3v) is 2.90. The number of methoxy groups -OCH3 is 1. The summed E-state index contributed by atoms with van der Waals surface area (Å²) >= 11 is 0. The van der Waals surface area contributed by atoms with Crippen LogP contribution in [-0.4, -0.2) is 18.6 Å². The van der Waals surface area contributed by atoms with Crippen LogP contribution in [0.4, 0.5) is 0 Å². The van der Waals surface area contributed by atoms with Gasteiger partial charge < -0.3 is 10.1 Å². The maximum atomic E-state index is 12.1. The Morgan fingerprint density at radius 1 is 1.37 bits per heavy atom. The first kappa shape index (κ1) is 15.4. The van der Waals surface area contributed by atoms with Crippen LogP contribution < -0.4 is 5.32 Å². The number of hydrogen-bond acceptors (Lipinski definition) is 2. The number of carbonyl (C=O) groups is 1. The highest BCUT2D eigenvalue weighted by molar-refractivity contribution is 5.79. The minimum atomic E-state index is -0.255. The Bertz CT molecular complexity index is 438. The van der Waals surface area contributed by atoms with Crippen molar-refractivity contribution in [3.8, 4) is 0 Å². The second kappa shape index (κ2) is 7.10. The predicted molar refractivity (Wildman–Crippen MR) is 77.9 cm³/mol. The van der Waals surface area contributed by atoms with Crippen LogP contribution in [0.1, 0.15) is 31.4 Å². The Hall–Kier alpha value is -1.61. The van der Waals surface area contributed by atoms with Crippen LogP contribution in [0.5, 0.6) is 0 Å². The van der Waals surface area contributed by atoms with Gasteiger partial charge in [0.15, 0.2) is 0 Å². The third-order valence-electron chi connectivity index (χ3n) is 2.90. The van der Waals surface area contributed by atoms with E-state index in [1.165, 1.54) is 0 Å². The molecule has 1 N–H and O–H groups in total. The fourth-order valence-corrected chi connectivity index (χ4v) is 2.03. The first-order valence-electron chi connectivity index (χ1n) is 6.46. The molecule has 0 aliphatic rings. The van der Waals surface area contributed by atoms with Crippen LogP contribution in [0.25, 0.3) is 0 Å². The summed E-state index contributed by atoms with van der Waals surface area (Å²) in [6, 6.07) is 7.85. The zero-order valence-electron chi connectivity index (χ0n) is 12.0. The summed E-state index contributed by atoms with van der Waals surface area (Å²) < 4.78 is 5.14. The summed E-state index contributed by atoms with van der Waals surface area (Å²) in [6.07, 6.45) is 2.94. The highest BCUT2D eigenvalue weighted by atomic mass is 16.5. The topological polar surface area (TPSA) is 38.3 Å². The van der Waals surface area contributed by atoms with Gasteiger partial charge in [0.1, 0.15) is 0 Å². The van der Waals surface area contributed by atoms with Crippen LogP contribution in [0.2, 0.25) is 0 Å². The van der Waals surface area contributed by atoms with E-state index in [2.05, 4.69) is 11.9 Å². The van der Waals surface area contributed by atoms with Crippen molar-refractivity contribution >= 4 is 5.91 Å². The van der Waals surface area contributed by atoms with Gasteiger partial charge in [-0.25, -0.2) is 0 Å². The van der Waals surface area contributed by atoms with E-state index in [-0.39, 0.29) is 11.4 Å². The molecule has 0 saturated heterocycles. The highest BCUT2D eigenvalue weighted by Gasteiger charge is 2.19. The number of nitrogens with one attached hydrogen (secondary N) is 1. The third kappa shape index (κ3) is 5.26. The zero-order valence-corrected chi connectivity index (χ0v) is 12.0. The summed E-state index contributed by atoms with van der Waals surface area (Å²) in [5, 5.41) is 3.02. The highest BCUT2D eigenvalue weighted by Crippen LogP contribution is 2.13. The number of ether oxygens (including phenoxy) is 1. The van der Waals surface area contributed by atoms with Crippen LogP contribution in [0, 0.1) is 0 Å². The molecule has 0 aliphatic heterocycles. The van der Waals surface area contributed by atoms with Gasteiger partial charge in [-0.1, -0.05) is 30.3 Å². The van der Waals surface area contributed by atoms with Crippen molar-refractivity contribution in [2.75, 3.05) is 7.11 Å². The summed E-state index contributed by atoms with van der Waals surface area (Å²) in [7, 11) is 1.66. The molecule has 0 aliphatic carbocycles. The van der Waals surface area contributed by atoms with Crippen molar-refractivity contribution < 1.29 is 9.53 Å². The number of rotatable bonds is 7. The molecule has 0 radical (unpaired) electrons. The summed E-state index contributed by atoms with van der Waals surface area (Å²) in [6.45, 7) is 8.22. The van der Waals surface area contributed by atoms with E-state index in [0.717, 1.165) is 17.5 Å². The second-order valence-electron chi connectivity index (χ2n) is 5.30. The molecular weight excluding hydrogens is 238 g/mol. The lowest BCUT2D eigenvalue weighted by molar-refractivity contribution is -0.122. The van der Waals surface area contributed by atoms with Gasteiger partial charge in [-0.05, 0) is 31.4 Å². The van der Waals surface area contributed by atoms with E-state index in [1.54, 1.807) is 7.11 Å². The Balaban J connectivity index is 2.69. The second-order valence-corrected chi connectivity index (χ2v) is 5.30. The molecule has 1 aromatic carbocycles. The Morgan fingerprint density at radius 2 is 2.00 bits per heavy atom. The predicted octanol–water partition coefficient (Wildman–Crippen LogP) is 2.85. The van der Waals surface area contributed by atoms with Crippen molar-refractivity contribution in [3.05, 3.63) is 48.0 Å². The van der Waals surface area contributed by atoms with Crippen molar-refractivity contribution in [1.82, 2.24) is 5.32 Å². The summed E-state index contributed by atoms with van der Waals surface area (Å²) in [4.78, 5) is 12.1. The van der Waals surface area contributed by atoms with Gasteiger partial charge in [0.05, 0.1) is 13.0 Å². The van der Waals surface area contributed by atoms with E-state index in [9.17, 15) is 4.79 Å². The monoisotopic (exact) mass is 261 g/mol. The molecule has 0 spiro atoms. The average molecular weight is 261 g/mol. The molecule has 0 fully saturated rings. The van der Waals surface area contributed by atoms with Gasteiger partial charge in [0, 0.05) is 12.6 Å². The van der Waals surface area contributed by atoms with Crippen molar-refractivity contribution in [2.45, 2.75) is 38.8 Å². The van der Waals surface area contributed by atoms with E-state index in [1.807, 2.05) is 44.2 Å². The minimum Gasteiger partial charge on any atom is -0.380 e. The number of benzene rings is 1. The molecule has 0 aromatic heterocycles. The average Bonchev–Trinajstić information content (AvgIpc) is 2.31. The van der Waals surface area contributed by atoms with E-state index in [0.29, 0.717) is 13.0 Å². The lowest BCUT2D eigenvalue weighted by Gasteiger charge is -2.25. The van der Waals surface area contributed by atoms with Crippen LogP contribution in [0.15, 0.2) is 36.9 Å². The van der Waals surface area contributed by atoms with E-state index >= 15 is 0 Å². The first-order chi connectivity index (χ1) is 8.98. The first-order valence-corrected chi connectivity index (χ1v) is 6.46. The maximum Gasteiger partial charge on any atom is 0.224 e. The van der Waals surface area contributed by atoms with Crippen LogP contribution in [-0.2, 0) is 22.6 Å². The van der Waals surface area contributed by atoms with Gasteiger partial charge in [0.25, 0.3) is 0 Å². The van der Waals surface area contributed by atoms with Crippen LogP contribution in [0.3, 0.4) is 0 Å².